The van der Waals surface area contributed by atoms with Crippen LogP contribution in [-0.2, 0) is 0 Å². The van der Waals surface area contributed by atoms with E-state index in [-0.39, 0.29) is 0 Å². The molecule has 19 heavy (non-hydrogen) atoms. The molecule has 1 unspecified atom stereocenters. The van der Waals surface area contributed by atoms with Crippen LogP contribution in [0.5, 0.6) is 0 Å². The Labute approximate surface area is 120 Å². The van der Waals surface area contributed by atoms with Crippen molar-refractivity contribution >= 4 is 0 Å². The van der Waals surface area contributed by atoms with E-state index in [9.17, 15) is 0 Å². The molecule has 0 aromatic heterocycles. The first-order valence-corrected chi connectivity index (χ1v) is 7.73. The van der Waals surface area contributed by atoms with Crippen molar-refractivity contribution in [1.82, 2.24) is 10.6 Å². The van der Waals surface area contributed by atoms with Crippen molar-refractivity contribution < 1.29 is 0 Å². The Kier molecular flexibility index (Phi) is 9.46. The molecule has 2 N–H and O–H groups in total. The van der Waals surface area contributed by atoms with Crippen molar-refractivity contribution in [2.24, 2.45) is 11.8 Å². The SMILES string of the molecule is C=C(CCC(C)C)NC(CCC)C(=C)NCC(C)C. The zero-order valence-electron chi connectivity index (χ0n) is 13.7. The smallest absolute Gasteiger partial charge is 0.0650 e. The minimum absolute atomic E-state index is 0.309. The van der Waals surface area contributed by atoms with E-state index in [1.807, 2.05) is 0 Å². The van der Waals surface area contributed by atoms with Gasteiger partial charge >= 0.3 is 0 Å². The molecule has 0 aliphatic carbocycles. The summed E-state index contributed by atoms with van der Waals surface area (Å²) >= 11 is 0. The van der Waals surface area contributed by atoms with Crippen LogP contribution in [0.15, 0.2) is 24.6 Å². The lowest BCUT2D eigenvalue weighted by Gasteiger charge is -2.25. The molecule has 1 atom stereocenters. The Morgan fingerprint density at radius 3 is 2.11 bits per heavy atom. The maximum Gasteiger partial charge on any atom is 0.0650 e. The summed E-state index contributed by atoms with van der Waals surface area (Å²) in [6.07, 6.45) is 4.49. The van der Waals surface area contributed by atoms with Crippen LogP contribution in [0.2, 0.25) is 0 Å². The molecule has 0 bridgehead atoms. The van der Waals surface area contributed by atoms with Gasteiger partial charge in [-0.3, -0.25) is 0 Å². The van der Waals surface area contributed by atoms with E-state index in [0.717, 1.165) is 43.1 Å². The first-order chi connectivity index (χ1) is 8.86. The minimum atomic E-state index is 0.309. The second-order valence-corrected chi connectivity index (χ2v) is 6.32. The molecule has 0 amide bonds. The number of rotatable bonds is 11. The van der Waals surface area contributed by atoms with Crippen molar-refractivity contribution in [2.75, 3.05) is 6.54 Å². The van der Waals surface area contributed by atoms with Crippen molar-refractivity contribution in [3.63, 3.8) is 0 Å². The van der Waals surface area contributed by atoms with Crippen LogP contribution >= 0.6 is 0 Å². The largest absolute Gasteiger partial charge is 0.387 e. The van der Waals surface area contributed by atoms with E-state index in [2.05, 4.69) is 58.4 Å². The highest BCUT2D eigenvalue weighted by Gasteiger charge is 2.12. The average molecular weight is 266 g/mol. The summed E-state index contributed by atoms with van der Waals surface area (Å²) in [7, 11) is 0. The zero-order chi connectivity index (χ0) is 14.8. The van der Waals surface area contributed by atoms with Gasteiger partial charge in [-0.2, -0.15) is 0 Å². The molecule has 0 rings (SSSR count). The van der Waals surface area contributed by atoms with Gasteiger partial charge in [0.2, 0.25) is 0 Å². The van der Waals surface area contributed by atoms with Gasteiger partial charge in [-0.05, 0) is 31.1 Å². The van der Waals surface area contributed by atoms with Crippen molar-refractivity contribution in [3.05, 3.63) is 24.6 Å². The number of nitrogens with one attached hydrogen (secondary N) is 2. The van der Waals surface area contributed by atoms with Crippen LogP contribution in [0.3, 0.4) is 0 Å². The maximum absolute atomic E-state index is 4.18. The predicted octanol–water partition coefficient (Wildman–Crippen LogP) is 4.45. The molecule has 0 saturated heterocycles. The van der Waals surface area contributed by atoms with Crippen LogP contribution in [0.1, 0.15) is 60.3 Å². The Morgan fingerprint density at radius 1 is 1.00 bits per heavy atom. The van der Waals surface area contributed by atoms with Crippen LogP contribution in [0.25, 0.3) is 0 Å². The van der Waals surface area contributed by atoms with Gasteiger partial charge < -0.3 is 10.6 Å². The number of hydrogen-bond acceptors (Lipinski definition) is 2. The Hall–Kier alpha value is -0.920. The minimum Gasteiger partial charge on any atom is -0.387 e. The van der Waals surface area contributed by atoms with Crippen LogP contribution in [0.4, 0.5) is 0 Å². The molecule has 2 heteroatoms. The summed E-state index contributed by atoms with van der Waals surface area (Å²) in [6, 6.07) is 0.309. The third-order valence-electron chi connectivity index (χ3n) is 3.14. The molecule has 0 aliphatic heterocycles. The van der Waals surface area contributed by atoms with Crippen LogP contribution in [-0.4, -0.2) is 12.6 Å². The molecule has 0 saturated carbocycles. The van der Waals surface area contributed by atoms with Crippen LogP contribution in [0, 0.1) is 11.8 Å². The second kappa shape index (κ2) is 9.94. The first-order valence-electron chi connectivity index (χ1n) is 7.73. The third-order valence-corrected chi connectivity index (χ3v) is 3.14. The second-order valence-electron chi connectivity index (χ2n) is 6.32. The summed E-state index contributed by atoms with van der Waals surface area (Å²) in [5.41, 5.74) is 2.24. The maximum atomic E-state index is 4.18. The molecular weight excluding hydrogens is 232 g/mol. The molecule has 0 aliphatic rings. The monoisotopic (exact) mass is 266 g/mol. The van der Waals surface area contributed by atoms with E-state index in [4.69, 9.17) is 0 Å². The van der Waals surface area contributed by atoms with Crippen molar-refractivity contribution in [2.45, 2.75) is 66.3 Å². The summed E-state index contributed by atoms with van der Waals surface area (Å²) < 4.78 is 0. The molecule has 0 fully saturated rings. The Morgan fingerprint density at radius 2 is 1.63 bits per heavy atom. The lowest BCUT2D eigenvalue weighted by molar-refractivity contribution is 0.496. The zero-order valence-corrected chi connectivity index (χ0v) is 13.7. The predicted molar refractivity (Wildman–Crippen MR) is 87.0 cm³/mol. The van der Waals surface area contributed by atoms with Gasteiger partial charge in [0.05, 0.1) is 6.04 Å². The molecule has 0 heterocycles. The molecule has 112 valence electrons. The average Bonchev–Trinajstić information content (AvgIpc) is 2.32. The fourth-order valence-corrected chi connectivity index (χ4v) is 1.86. The topological polar surface area (TPSA) is 24.1 Å². The molecular formula is C17H34N2. The Balaban J connectivity index is 4.23. The highest BCUT2D eigenvalue weighted by atomic mass is 15.0. The van der Waals surface area contributed by atoms with Gasteiger partial charge in [-0.15, -0.1) is 0 Å². The lowest BCUT2D eigenvalue weighted by Crippen LogP contribution is -2.36. The van der Waals surface area contributed by atoms with E-state index in [1.54, 1.807) is 0 Å². The van der Waals surface area contributed by atoms with Crippen molar-refractivity contribution in [1.29, 1.82) is 0 Å². The van der Waals surface area contributed by atoms with E-state index in [0.29, 0.717) is 12.0 Å². The normalized spacial score (nSPS) is 12.6. The third kappa shape index (κ3) is 9.63. The fraction of sp³-hybridized carbons (Fsp3) is 0.765. The summed E-state index contributed by atoms with van der Waals surface area (Å²) in [4.78, 5) is 0. The summed E-state index contributed by atoms with van der Waals surface area (Å²) in [5, 5.41) is 6.98. The van der Waals surface area contributed by atoms with Crippen molar-refractivity contribution in [3.8, 4) is 0 Å². The fourth-order valence-electron chi connectivity index (χ4n) is 1.86. The van der Waals surface area contributed by atoms with E-state index in [1.165, 1.54) is 6.42 Å². The van der Waals surface area contributed by atoms with Crippen LogP contribution < -0.4 is 10.6 Å². The van der Waals surface area contributed by atoms with E-state index >= 15 is 0 Å². The van der Waals surface area contributed by atoms with E-state index < -0.39 is 0 Å². The molecule has 0 aromatic carbocycles. The van der Waals surface area contributed by atoms with Gasteiger partial charge in [0.1, 0.15) is 0 Å². The standard InChI is InChI=1S/C17H34N2/c1-8-9-17(16(7)18-12-14(4)5)19-15(6)11-10-13(2)3/h13-14,17-19H,6-12H2,1-5H3. The molecule has 0 aromatic rings. The van der Waals surface area contributed by atoms with Gasteiger partial charge in [-0.1, -0.05) is 54.2 Å². The number of hydrogen-bond donors (Lipinski definition) is 2. The summed E-state index contributed by atoms with van der Waals surface area (Å²) in [5.74, 6) is 1.37. The highest BCUT2D eigenvalue weighted by molar-refractivity contribution is 5.08. The van der Waals surface area contributed by atoms with Gasteiger partial charge in [0, 0.05) is 17.9 Å². The Bertz CT molecular complexity index is 266. The van der Waals surface area contributed by atoms with Gasteiger partial charge in [0.15, 0.2) is 0 Å². The van der Waals surface area contributed by atoms with Gasteiger partial charge in [0.25, 0.3) is 0 Å². The highest BCUT2D eigenvalue weighted by Crippen LogP contribution is 2.12. The number of allylic oxidation sites excluding steroid dienone is 1. The summed E-state index contributed by atoms with van der Waals surface area (Å²) in [6.45, 7) is 20.4. The molecule has 0 spiro atoms. The molecule has 0 radical (unpaired) electrons. The lowest BCUT2D eigenvalue weighted by atomic mass is 10.0. The van der Waals surface area contributed by atoms with Gasteiger partial charge in [-0.25, -0.2) is 0 Å². The molecule has 2 nitrogen and oxygen atoms in total. The first kappa shape index (κ1) is 18.1. The quantitative estimate of drug-likeness (QED) is 0.577.